The molecule has 5 heteroatoms. The molecule has 0 aliphatic rings. The third kappa shape index (κ3) is 46.0. The molecule has 0 amide bonds. The van der Waals surface area contributed by atoms with Crippen LogP contribution in [0.15, 0.2) is 72.9 Å². The standard InChI is InChI=1S/C53H92O5/c1-4-7-10-13-16-19-22-24-25-26-27-28-30-33-36-39-42-45-48-56-49-51(58-53(55)47-44-41-38-35-31-21-18-15-12-9-6-3)50-57-52(54)46-43-40-37-34-32-29-23-20-17-14-11-8-5-2/h7,10,16,19-20,23-25,27-28,33,36,51H,4-6,8-9,11-15,17-18,21-22,26,29-32,34-35,37-50H2,1-3H3/b10-7-,19-16-,23-20-,25-24-,28-27-,36-33-. The van der Waals surface area contributed by atoms with E-state index in [1.54, 1.807) is 0 Å². The SMILES string of the molecule is CC/C=C\C/C=C\C/C=C\C/C=C\C/C=C\CCCCOCC(COC(=O)CCCCCCC/C=C\CCCCCC)OC(=O)CCCCCCCCCCCCC. The molecule has 0 aromatic rings. The van der Waals surface area contributed by atoms with Gasteiger partial charge in [0.15, 0.2) is 6.10 Å². The Hall–Kier alpha value is -2.66. The van der Waals surface area contributed by atoms with Crippen molar-refractivity contribution in [2.24, 2.45) is 0 Å². The van der Waals surface area contributed by atoms with E-state index >= 15 is 0 Å². The number of allylic oxidation sites excluding steroid dienone is 12. The van der Waals surface area contributed by atoms with E-state index in [0.29, 0.717) is 19.4 Å². The van der Waals surface area contributed by atoms with Crippen molar-refractivity contribution in [1.82, 2.24) is 0 Å². The number of hydrogen-bond donors (Lipinski definition) is 0. The number of carbonyl (C=O) groups is 2. The van der Waals surface area contributed by atoms with Gasteiger partial charge < -0.3 is 14.2 Å². The van der Waals surface area contributed by atoms with E-state index in [9.17, 15) is 9.59 Å². The molecule has 0 fully saturated rings. The van der Waals surface area contributed by atoms with Crippen molar-refractivity contribution in [2.75, 3.05) is 19.8 Å². The molecule has 0 radical (unpaired) electrons. The zero-order chi connectivity index (χ0) is 42.1. The second kappa shape index (κ2) is 48.7. The average Bonchev–Trinajstić information content (AvgIpc) is 3.22. The predicted octanol–water partition coefficient (Wildman–Crippen LogP) is 16.3. The Morgan fingerprint density at radius 3 is 1.28 bits per heavy atom. The van der Waals surface area contributed by atoms with E-state index in [2.05, 4.69) is 93.7 Å². The summed E-state index contributed by atoms with van der Waals surface area (Å²) in [6.45, 7) is 7.59. The van der Waals surface area contributed by atoms with Crippen molar-refractivity contribution >= 4 is 11.9 Å². The second-order valence-corrected chi connectivity index (χ2v) is 16.0. The molecule has 5 nitrogen and oxygen atoms in total. The summed E-state index contributed by atoms with van der Waals surface area (Å²) >= 11 is 0. The van der Waals surface area contributed by atoms with Gasteiger partial charge in [0, 0.05) is 19.4 Å². The van der Waals surface area contributed by atoms with Crippen LogP contribution in [0.3, 0.4) is 0 Å². The molecule has 0 aromatic heterocycles. The lowest BCUT2D eigenvalue weighted by molar-refractivity contribution is -0.163. The first-order chi connectivity index (χ1) is 28.6. The van der Waals surface area contributed by atoms with Crippen molar-refractivity contribution in [2.45, 2.75) is 232 Å². The fraction of sp³-hybridized carbons (Fsp3) is 0.736. The van der Waals surface area contributed by atoms with Gasteiger partial charge in [0.25, 0.3) is 0 Å². The Balaban J connectivity index is 4.34. The maximum atomic E-state index is 12.7. The summed E-state index contributed by atoms with van der Waals surface area (Å²) in [6, 6.07) is 0. The molecule has 0 aliphatic heterocycles. The van der Waals surface area contributed by atoms with Gasteiger partial charge in [0.05, 0.1) is 6.61 Å². The Labute approximate surface area is 359 Å². The fourth-order valence-electron chi connectivity index (χ4n) is 6.59. The predicted molar refractivity (Wildman–Crippen MR) is 251 cm³/mol. The van der Waals surface area contributed by atoms with Gasteiger partial charge in [0.1, 0.15) is 6.61 Å². The zero-order valence-corrected chi connectivity index (χ0v) is 38.3. The van der Waals surface area contributed by atoms with Gasteiger partial charge in [-0.15, -0.1) is 0 Å². The van der Waals surface area contributed by atoms with Crippen LogP contribution in [-0.2, 0) is 23.8 Å². The van der Waals surface area contributed by atoms with Crippen LogP contribution < -0.4 is 0 Å². The van der Waals surface area contributed by atoms with Crippen LogP contribution in [0, 0.1) is 0 Å². The summed E-state index contributed by atoms with van der Waals surface area (Å²) in [5.41, 5.74) is 0. The first kappa shape index (κ1) is 55.3. The monoisotopic (exact) mass is 809 g/mol. The van der Waals surface area contributed by atoms with Crippen LogP contribution >= 0.6 is 0 Å². The van der Waals surface area contributed by atoms with E-state index in [4.69, 9.17) is 14.2 Å². The molecule has 58 heavy (non-hydrogen) atoms. The van der Waals surface area contributed by atoms with Crippen molar-refractivity contribution in [1.29, 1.82) is 0 Å². The van der Waals surface area contributed by atoms with Crippen LogP contribution in [0.25, 0.3) is 0 Å². The largest absolute Gasteiger partial charge is 0.462 e. The Morgan fingerprint density at radius 2 is 0.776 bits per heavy atom. The average molecular weight is 809 g/mol. The van der Waals surface area contributed by atoms with E-state index in [0.717, 1.165) is 89.9 Å². The normalized spacial score (nSPS) is 12.8. The van der Waals surface area contributed by atoms with Gasteiger partial charge in [-0.1, -0.05) is 196 Å². The number of hydrogen-bond acceptors (Lipinski definition) is 5. The van der Waals surface area contributed by atoms with Crippen LogP contribution in [0.1, 0.15) is 226 Å². The summed E-state index contributed by atoms with van der Waals surface area (Å²) in [7, 11) is 0. The van der Waals surface area contributed by atoms with E-state index in [-0.39, 0.29) is 25.2 Å². The van der Waals surface area contributed by atoms with Gasteiger partial charge in [-0.3, -0.25) is 9.59 Å². The van der Waals surface area contributed by atoms with Crippen molar-refractivity contribution in [3.63, 3.8) is 0 Å². The van der Waals surface area contributed by atoms with Crippen LogP contribution in [0.5, 0.6) is 0 Å². The Morgan fingerprint density at radius 1 is 0.397 bits per heavy atom. The topological polar surface area (TPSA) is 61.8 Å². The molecule has 0 spiro atoms. The smallest absolute Gasteiger partial charge is 0.306 e. The molecule has 0 saturated heterocycles. The van der Waals surface area contributed by atoms with E-state index in [1.807, 2.05) is 0 Å². The fourth-order valence-corrected chi connectivity index (χ4v) is 6.59. The van der Waals surface area contributed by atoms with E-state index in [1.165, 1.54) is 103 Å². The number of esters is 2. The molecule has 0 aliphatic carbocycles. The third-order valence-corrected chi connectivity index (χ3v) is 10.2. The number of ether oxygens (including phenoxy) is 3. The molecule has 0 heterocycles. The molecule has 0 bridgehead atoms. The van der Waals surface area contributed by atoms with Crippen LogP contribution in [-0.4, -0.2) is 37.9 Å². The highest BCUT2D eigenvalue weighted by molar-refractivity contribution is 5.70. The molecule has 1 atom stereocenters. The summed E-state index contributed by atoms with van der Waals surface area (Å²) < 4.78 is 17.3. The van der Waals surface area contributed by atoms with Gasteiger partial charge in [-0.05, 0) is 89.9 Å². The first-order valence-corrected chi connectivity index (χ1v) is 24.5. The lowest BCUT2D eigenvalue weighted by Gasteiger charge is -2.18. The van der Waals surface area contributed by atoms with Crippen LogP contribution in [0.2, 0.25) is 0 Å². The van der Waals surface area contributed by atoms with Crippen molar-refractivity contribution < 1.29 is 23.8 Å². The van der Waals surface area contributed by atoms with Gasteiger partial charge >= 0.3 is 11.9 Å². The minimum Gasteiger partial charge on any atom is -0.462 e. The summed E-state index contributed by atoms with van der Waals surface area (Å²) in [6.07, 6.45) is 61.9. The number of rotatable bonds is 44. The highest BCUT2D eigenvalue weighted by Gasteiger charge is 2.17. The summed E-state index contributed by atoms with van der Waals surface area (Å²) in [5.74, 6) is -0.431. The second-order valence-electron chi connectivity index (χ2n) is 16.0. The summed E-state index contributed by atoms with van der Waals surface area (Å²) in [4.78, 5) is 25.3. The highest BCUT2D eigenvalue weighted by Crippen LogP contribution is 2.14. The highest BCUT2D eigenvalue weighted by atomic mass is 16.6. The quantitative estimate of drug-likeness (QED) is 0.0348. The lowest BCUT2D eigenvalue weighted by Crippen LogP contribution is -2.30. The third-order valence-electron chi connectivity index (χ3n) is 10.2. The maximum Gasteiger partial charge on any atom is 0.306 e. The molecule has 0 rings (SSSR count). The van der Waals surface area contributed by atoms with Crippen molar-refractivity contribution in [3.05, 3.63) is 72.9 Å². The molecule has 0 aromatic carbocycles. The minimum absolute atomic E-state index is 0.0631. The number of carbonyl (C=O) groups excluding carboxylic acids is 2. The molecule has 334 valence electrons. The lowest BCUT2D eigenvalue weighted by atomic mass is 10.1. The van der Waals surface area contributed by atoms with Crippen LogP contribution in [0.4, 0.5) is 0 Å². The molecular weight excluding hydrogens is 717 g/mol. The first-order valence-electron chi connectivity index (χ1n) is 24.5. The maximum absolute atomic E-state index is 12.7. The Kier molecular flexibility index (Phi) is 46.5. The van der Waals surface area contributed by atoms with Gasteiger partial charge in [-0.2, -0.15) is 0 Å². The minimum atomic E-state index is -0.560. The summed E-state index contributed by atoms with van der Waals surface area (Å²) in [5, 5.41) is 0. The van der Waals surface area contributed by atoms with Gasteiger partial charge in [0.2, 0.25) is 0 Å². The Bertz CT molecular complexity index is 1050. The number of unbranched alkanes of at least 4 members (excludes halogenated alkanes) is 21. The molecular formula is C53H92O5. The van der Waals surface area contributed by atoms with Crippen molar-refractivity contribution in [3.8, 4) is 0 Å². The van der Waals surface area contributed by atoms with Gasteiger partial charge in [-0.25, -0.2) is 0 Å². The van der Waals surface area contributed by atoms with E-state index < -0.39 is 6.10 Å². The molecule has 0 saturated carbocycles. The molecule has 1 unspecified atom stereocenters. The molecule has 0 N–H and O–H groups in total. The zero-order valence-electron chi connectivity index (χ0n) is 38.3.